The van der Waals surface area contributed by atoms with Crippen molar-refractivity contribution in [2.24, 2.45) is 4.99 Å². The van der Waals surface area contributed by atoms with Gasteiger partial charge in [0, 0.05) is 37.1 Å². The monoisotopic (exact) mass is 443 g/mol. The predicted octanol–water partition coefficient (Wildman–Crippen LogP) is 3.46. The summed E-state index contributed by atoms with van der Waals surface area (Å²) < 4.78 is 43.0. The average Bonchev–Trinajstić information content (AvgIpc) is 3.47. The number of aromatic nitrogens is 2. The zero-order valence-electron chi connectivity index (χ0n) is 17.4. The Morgan fingerprint density at radius 3 is 2.75 bits per heavy atom. The van der Waals surface area contributed by atoms with Crippen LogP contribution < -0.4 is 24.8 Å². The number of aliphatic imine (C=N–C) groups is 1. The van der Waals surface area contributed by atoms with Gasteiger partial charge in [-0.15, -0.1) is 0 Å². The second kappa shape index (κ2) is 9.99. The van der Waals surface area contributed by atoms with E-state index in [2.05, 4.69) is 25.3 Å². The van der Waals surface area contributed by atoms with Crippen LogP contribution in [-0.2, 0) is 13.1 Å². The molecule has 32 heavy (non-hydrogen) atoms. The molecular formula is C22H23F2N5O3. The Labute approximate surface area is 183 Å². The number of nitrogens with zero attached hydrogens (tertiary/aromatic N) is 3. The summed E-state index contributed by atoms with van der Waals surface area (Å²) in [4.78, 5) is 8.64. The molecule has 0 saturated carbocycles. The fraction of sp³-hybridized carbons (Fsp3) is 0.273. The van der Waals surface area contributed by atoms with Crippen molar-refractivity contribution >= 4 is 5.96 Å². The molecule has 0 unspecified atom stereocenters. The van der Waals surface area contributed by atoms with Gasteiger partial charge < -0.3 is 29.4 Å². The van der Waals surface area contributed by atoms with Gasteiger partial charge in [-0.2, -0.15) is 8.78 Å². The van der Waals surface area contributed by atoms with E-state index < -0.39 is 6.61 Å². The highest BCUT2D eigenvalue weighted by atomic mass is 19.3. The molecule has 0 radical (unpaired) electrons. The zero-order valence-corrected chi connectivity index (χ0v) is 17.4. The fourth-order valence-electron chi connectivity index (χ4n) is 3.29. The molecule has 168 valence electrons. The van der Waals surface area contributed by atoms with E-state index in [-0.39, 0.29) is 19.1 Å². The summed E-state index contributed by atoms with van der Waals surface area (Å²) >= 11 is 0. The lowest BCUT2D eigenvalue weighted by Crippen LogP contribution is -2.37. The van der Waals surface area contributed by atoms with Crippen LogP contribution in [0.1, 0.15) is 18.1 Å². The number of fused-ring (bicyclic) bond motifs is 1. The smallest absolute Gasteiger partial charge is 0.387 e. The van der Waals surface area contributed by atoms with Crippen LogP contribution in [0.5, 0.6) is 17.2 Å². The fourth-order valence-corrected chi connectivity index (χ4v) is 3.29. The van der Waals surface area contributed by atoms with E-state index in [1.54, 1.807) is 18.6 Å². The van der Waals surface area contributed by atoms with E-state index >= 15 is 0 Å². The van der Waals surface area contributed by atoms with Gasteiger partial charge in [0.2, 0.25) is 6.79 Å². The van der Waals surface area contributed by atoms with E-state index in [1.807, 2.05) is 42.0 Å². The van der Waals surface area contributed by atoms with E-state index in [0.29, 0.717) is 36.1 Å². The third-order valence-electron chi connectivity index (χ3n) is 4.74. The summed E-state index contributed by atoms with van der Waals surface area (Å²) in [6.07, 6.45) is 5.34. The van der Waals surface area contributed by atoms with E-state index in [0.717, 1.165) is 11.3 Å². The Morgan fingerprint density at radius 1 is 1.19 bits per heavy atom. The van der Waals surface area contributed by atoms with Crippen LogP contribution in [0.25, 0.3) is 5.69 Å². The predicted molar refractivity (Wildman–Crippen MR) is 114 cm³/mol. The zero-order chi connectivity index (χ0) is 22.3. The minimum absolute atomic E-state index is 0.00861. The third kappa shape index (κ3) is 5.08. The topological polar surface area (TPSA) is 81.9 Å². The summed E-state index contributed by atoms with van der Waals surface area (Å²) in [5.74, 6) is 1.39. The lowest BCUT2D eigenvalue weighted by Gasteiger charge is -2.15. The normalized spacial score (nSPS) is 12.8. The van der Waals surface area contributed by atoms with Gasteiger partial charge >= 0.3 is 6.61 Å². The summed E-state index contributed by atoms with van der Waals surface area (Å²) in [5.41, 5.74) is 2.50. The molecule has 0 atom stereocenters. The Bertz CT molecular complexity index is 1070. The van der Waals surface area contributed by atoms with E-state index in [1.165, 1.54) is 6.07 Å². The SMILES string of the molecule is CCNC(=NCc1cc2c(cc1OC(F)F)OCO2)NCc1ccccc1-n1ccnc1. The molecule has 0 saturated heterocycles. The summed E-state index contributed by atoms with van der Waals surface area (Å²) in [6.45, 7) is 0.276. The van der Waals surface area contributed by atoms with Crippen LogP contribution in [0.3, 0.4) is 0 Å². The number of halogens is 2. The number of ether oxygens (including phenoxy) is 3. The van der Waals surface area contributed by atoms with Crippen molar-refractivity contribution in [3.63, 3.8) is 0 Å². The molecular weight excluding hydrogens is 420 g/mol. The molecule has 2 heterocycles. The first-order valence-electron chi connectivity index (χ1n) is 10.1. The number of guanidine groups is 1. The number of alkyl halides is 2. The third-order valence-corrected chi connectivity index (χ3v) is 4.74. The van der Waals surface area contributed by atoms with Crippen LogP contribution in [0, 0.1) is 0 Å². The minimum Gasteiger partial charge on any atom is -0.454 e. The summed E-state index contributed by atoms with van der Waals surface area (Å²) in [7, 11) is 0. The highest BCUT2D eigenvalue weighted by Crippen LogP contribution is 2.39. The standard InChI is InChI=1S/C22H23F2N5O3/c1-2-26-22(27-11-15-5-3-4-6-17(15)29-8-7-25-13-29)28-12-16-9-19-20(31-14-30-19)10-18(16)32-21(23)24/h3-10,13,21H,2,11-12,14H2,1H3,(H2,26,27,28). The first kappa shape index (κ1) is 21.4. The molecule has 0 amide bonds. The van der Waals surface area contributed by atoms with Crippen molar-refractivity contribution in [3.05, 3.63) is 66.2 Å². The first-order valence-corrected chi connectivity index (χ1v) is 10.1. The van der Waals surface area contributed by atoms with Gasteiger partial charge in [0.15, 0.2) is 17.5 Å². The second-order valence-electron chi connectivity index (χ2n) is 6.84. The molecule has 0 bridgehead atoms. The molecule has 0 fully saturated rings. The van der Waals surface area contributed by atoms with Crippen molar-refractivity contribution in [1.82, 2.24) is 20.2 Å². The molecule has 0 aliphatic carbocycles. The molecule has 1 aliphatic rings. The molecule has 2 aromatic carbocycles. The lowest BCUT2D eigenvalue weighted by molar-refractivity contribution is -0.0505. The maximum absolute atomic E-state index is 12.9. The molecule has 0 spiro atoms. The summed E-state index contributed by atoms with van der Waals surface area (Å²) in [6, 6.07) is 11.0. The van der Waals surface area contributed by atoms with E-state index in [9.17, 15) is 8.78 Å². The van der Waals surface area contributed by atoms with Crippen LogP contribution in [0.4, 0.5) is 8.78 Å². The van der Waals surface area contributed by atoms with Gasteiger partial charge in [-0.25, -0.2) is 9.98 Å². The number of para-hydroxylation sites is 1. The van der Waals surface area contributed by atoms with E-state index in [4.69, 9.17) is 9.47 Å². The van der Waals surface area contributed by atoms with Gasteiger partial charge in [0.25, 0.3) is 0 Å². The highest BCUT2D eigenvalue weighted by molar-refractivity contribution is 5.80. The van der Waals surface area contributed by atoms with Crippen molar-refractivity contribution in [3.8, 4) is 22.9 Å². The van der Waals surface area contributed by atoms with Gasteiger partial charge in [-0.1, -0.05) is 18.2 Å². The molecule has 2 N–H and O–H groups in total. The van der Waals surface area contributed by atoms with Crippen LogP contribution in [0.2, 0.25) is 0 Å². The number of imidazole rings is 1. The Kier molecular flexibility index (Phi) is 6.69. The maximum Gasteiger partial charge on any atom is 0.387 e. The average molecular weight is 443 g/mol. The maximum atomic E-state index is 12.9. The second-order valence-corrected chi connectivity index (χ2v) is 6.84. The first-order chi connectivity index (χ1) is 15.6. The van der Waals surface area contributed by atoms with Gasteiger partial charge in [0.05, 0.1) is 18.6 Å². The number of nitrogens with one attached hydrogen (secondary N) is 2. The Morgan fingerprint density at radius 2 is 2.00 bits per heavy atom. The number of rotatable bonds is 8. The molecule has 1 aromatic heterocycles. The summed E-state index contributed by atoms with van der Waals surface area (Å²) in [5, 5.41) is 6.45. The molecule has 1 aliphatic heterocycles. The van der Waals surface area contributed by atoms with Crippen molar-refractivity contribution in [1.29, 1.82) is 0 Å². The highest BCUT2D eigenvalue weighted by Gasteiger charge is 2.20. The van der Waals surface area contributed by atoms with Gasteiger partial charge in [0.1, 0.15) is 5.75 Å². The van der Waals surface area contributed by atoms with Crippen molar-refractivity contribution in [2.75, 3.05) is 13.3 Å². The minimum atomic E-state index is -2.95. The van der Waals surface area contributed by atoms with Crippen LogP contribution in [0.15, 0.2) is 60.1 Å². The Hall–Kier alpha value is -3.82. The Balaban J connectivity index is 1.51. The van der Waals surface area contributed by atoms with Gasteiger partial charge in [-0.05, 0) is 24.6 Å². The van der Waals surface area contributed by atoms with Crippen molar-refractivity contribution < 1.29 is 23.0 Å². The number of hydrogen-bond acceptors (Lipinski definition) is 5. The molecule has 4 rings (SSSR count). The van der Waals surface area contributed by atoms with Gasteiger partial charge in [-0.3, -0.25) is 0 Å². The quantitative estimate of drug-likeness (QED) is 0.410. The number of hydrogen-bond donors (Lipinski definition) is 2. The lowest BCUT2D eigenvalue weighted by atomic mass is 10.1. The molecule has 3 aromatic rings. The number of benzene rings is 2. The van der Waals surface area contributed by atoms with Crippen LogP contribution in [-0.4, -0.2) is 35.5 Å². The molecule has 10 heteroatoms. The van der Waals surface area contributed by atoms with Crippen LogP contribution >= 0.6 is 0 Å². The van der Waals surface area contributed by atoms with Crippen molar-refractivity contribution in [2.45, 2.75) is 26.6 Å². The molecule has 8 nitrogen and oxygen atoms in total. The largest absolute Gasteiger partial charge is 0.454 e.